The first-order valence-corrected chi connectivity index (χ1v) is 5.24. The number of fused-ring (bicyclic) bond motifs is 1. The van der Waals surface area contributed by atoms with E-state index in [-0.39, 0.29) is 5.88 Å². The number of rotatable bonds is 3. The van der Waals surface area contributed by atoms with Crippen molar-refractivity contribution in [2.75, 3.05) is 13.7 Å². The second-order valence-corrected chi connectivity index (χ2v) is 3.32. The fourth-order valence-electron chi connectivity index (χ4n) is 1.58. The molecule has 0 saturated heterocycles. The number of benzene rings is 1. The SMILES string of the molecule is CCOC(=O)c1c(OC)nnc2ccccc12. The highest BCUT2D eigenvalue weighted by atomic mass is 16.5. The highest BCUT2D eigenvalue weighted by molar-refractivity contribution is 6.05. The van der Waals surface area contributed by atoms with Crippen LogP contribution in [0.2, 0.25) is 0 Å². The van der Waals surface area contributed by atoms with Crippen LogP contribution in [0, 0.1) is 0 Å². The minimum Gasteiger partial charge on any atom is -0.479 e. The van der Waals surface area contributed by atoms with Crippen molar-refractivity contribution in [3.63, 3.8) is 0 Å². The van der Waals surface area contributed by atoms with Crippen molar-refractivity contribution in [2.45, 2.75) is 6.92 Å². The van der Waals surface area contributed by atoms with E-state index >= 15 is 0 Å². The predicted molar refractivity (Wildman–Crippen MR) is 62.0 cm³/mol. The average Bonchev–Trinajstić information content (AvgIpc) is 2.37. The van der Waals surface area contributed by atoms with Crippen molar-refractivity contribution in [3.05, 3.63) is 29.8 Å². The van der Waals surface area contributed by atoms with E-state index in [1.54, 1.807) is 19.1 Å². The Balaban J connectivity index is 2.67. The zero-order chi connectivity index (χ0) is 12.3. The fourth-order valence-corrected chi connectivity index (χ4v) is 1.58. The first-order valence-electron chi connectivity index (χ1n) is 5.24. The Morgan fingerprint density at radius 2 is 2.06 bits per heavy atom. The Kier molecular flexibility index (Phi) is 3.18. The summed E-state index contributed by atoms with van der Waals surface area (Å²) in [7, 11) is 1.45. The lowest BCUT2D eigenvalue weighted by molar-refractivity contribution is 0.0524. The smallest absolute Gasteiger partial charge is 0.344 e. The van der Waals surface area contributed by atoms with Crippen LogP contribution in [0.1, 0.15) is 17.3 Å². The molecule has 5 heteroatoms. The molecule has 0 aliphatic carbocycles. The van der Waals surface area contributed by atoms with Crippen LogP contribution < -0.4 is 4.74 Å². The van der Waals surface area contributed by atoms with Crippen LogP contribution in [-0.2, 0) is 4.74 Å². The minimum atomic E-state index is -0.449. The summed E-state index contributed by atoms with van der Waals surface area (Å²) in [5, 5.41) is 8.51. The van der Waals surface area contributed by atoms with Gasteiger partial charge in [0.25, 0.3) is 0 Å². The molecule has 2 aromatic rings. The lowest BCUT2D eigenvalue weighted by Gasteiger charge is -2.08. The van der Waals surface area contributed by atoms with Gasteiger partial charge in [-0.1, -0.05) is 18.2 Å². The van der Waals surface area contributed by atoms with Gasteiger partial charge in [-0.25, -0.2) is 4.79 Å². The molecule has 0 spiro atoms. The van der Waals surface area contributed by atoms with Crippen LogP contribution in [0.5, 0.6) is 5.88 Å². The molecular weight excluding hydrogens is 220 g/mol. The summed E-state index contributed by atoms with van der Waals surface area (Å²) in [6.45, 7) is 2.06. The molecule has 0 fully saturated rings. The molecule has 1 heterocycles. The molecule has 0 bridgehead atoms. The molecule has 2 rings (SSSR count). The summed E-state index contributed by atoms with van der Waals surface area (Å²) in [5.74, 6) is -0.266. The lowest BCUT2D eigenvalue weighted by atomic mass is 10.1. The van der Waals surface area contributed by atoms with E-state index in [1.165, 1.54) is 7.11 Å². The van der Waals surface area contributed by atoms with E-state index in [2.05, 4.69) is 10.2 Å². The quantitative estimate of drug-likeness (QED) is 0.755. The molecule has 17 heavy (non-hydrogen) atoms. The molecule has 0 saturated carbocycles. The second-order valence-electron chi connectivity index (χ2n) is 3.32. The molecule has 0 atom stereocenters. The van der Waals surface area contributed by atoms with Crippen molar-refractivity contribution < 1.29 is 14.3 Å². The van der Waals surface area contributed by atoms with Gasteiger partial charge in [-0.05, 0) is 13.0 Å². The molecule has 1 aromatic carbocycles. The van der Waals surface area contributed by atoms with Gasteiger partial charge >= 0.3 is 5.97 Å². The van der Waals surface area contributed by atoms with Crippen molar-refractivity contribution in [1.82, 2.24) is 10.2 Å². The normalized spacial score (nSPS) is 10.2. The van der Waals surface area contributed by atoms with Crippen LogP contribution in [0.15, 0.2) is 24.3 Å². The minimum absolute atomic E-state index is 0.183. The molecular formula is C12H12N2O3. The van der Waals surface area contributed by atoms with Gasteiger partial charge in [-0.15, -0.1) is 10.2 Å². The number of nitrogens with zero attached hydrogens (tertiary/aromatic N) is 2. The van der Waals surface area contributed by atoms with Crippen LogP contribution in [-0.4, -0.2) is 29.9 Å². The van der Waals surface area contributed by atoms with E-state index in [1.807, 2.05) is 12.1 Å². The molecule has 0 aliphatic heterocycles. The maximum absolute atomic E-state index is 11.9. The third-order valence-corrected chi connectivity index (χ3v) is 2.31. The van der Waals surface area contributed by atoms with Gasteiger partial charge in [0, 0.05) is 5.39 Å². The standard InChI is InChI=1S/C12H12N2O3/c1-3-17-12(15)10-8-6-4-5-7-9(8)13-14-11(10)16-2/h4-7H,3H2,1-2H3. The summed E-state index contributed by atoms with van der Waals surface area (Å²) >= 11 is 0. The molecule has 0 aliphatic rings. The van der Waals surface area contributed by atoms with Gasteiger partial charge in [0.15, 0.2) is 0 Å². The largest absolute Gasteiger partial charge is 0.479 e. The topological polar surface area (TPSA) is 61.3 Å². The van der Waals surface area contributed by atoms with Crippen LogP contribution >= 0.6 is 0 Å². The monoisotopic (exact) mass is 232 g/mol. The number of carbonyl (C=O) groups excluding carboxylic acids is 1. The molecule has 0 radical (unpaired) electrons. The summed E-state index contributed by atoms with van der Waals surface area (Å²) in [5.41, 5.74) is 0.955. The zero-order valence-corrected chi connectivity index (χ0v) is 9.64. The zero-order valence-electron chi connectivity index (χ0n) is 9.64. The first kappa shape index (κ1) is 11.3. The number of ether oxygens (including phenoxy) is 2. The first-order chi connectivity index (χ1) is 8.27. The molecule has 1 aromatic heterocycles. The predicted octanol–water partition coefficient (Wildman–Crippen LogP) is 1.82. The molecule has 0 N–H and O–H groups in total. The van der Waals surface area contributed by atoms with Crippen LogP contribution in [0.4, 0.5) is 0 Å². The Morgan fingerprint density at radius 1 is 1.29 bits per heavy atom. The van der Waals surface area contributed by atoms with E-state index in [4.69, 9.17) is 9.47 Å². The van der Waals surface area contributed by atoms with Gasteiger partial charge in [-0.3, -0.25) is 0 Å². The van der Waals surface area contributed by atoms with Gasteiger partial charge in [0.2, 0.25) is 5.88 Å². The highest BCUT2D eigenvalue weighted by Crippen LogP contribution is 2.24. The van der Waals surface area contributed by atoms with Crippen LogP contribution in [0.3, 0.4) is 0 Å². The molecule has 88 valence electrons. The molecule has 0 amide bonds. The van der Waals surface area contributed by atoms with Gasteiger partial charge < -0.3 is 9.47 Å². The van der Waals surface area contributed by atoms with Gasteiger partial charge in [0.1, 0.15) is 5.56 Å². The lowest BCUT2D eigenvalue weighted by Crippen LogP contribution is -2.09. The number of methoxy groups -OCH3 is 1. The van der Waals surface area contributed by atoms with E-state index in [9.17, 15) is 4.79 Å². The number of hydrogen-bond donors (Lipinski definition) is 0. The third kappa shape index (κ3) is 2.04. The van der Waals surface area contributed by atoms with E-state index in [0.717, 1.165) is 0 Å². The van der Waals surface area contributed by atoms with Gasteiger partial charge in [0.05, 0.1) is 19.2 Å². The second kappa shape index (κ2) is 4.78. The van der Waals surface area contributed by atoms with E-state index in [0.29, 0.717) is 23.1 Å². The number of carbonyl (C=O) groups is 1. The van der Waals surface area contributed by atoms with Crippen molar-refractivity contribution in [3.8, 4) is 5.88 Å². The maximum atomic E-state index is 11.9. The third-order valence-electron chi connectivity index (χ3n) is 2.31. The Hall–Kier alpha value is -2.17. The Morgan fingerprint density at radius 3 is 2.76 bits per heavy atom. The van der Waals surface area contributed by atoms with Crippen LogP contribution in [0.25, 0.3) is 10.9 Å². The summed E-state index contributed by atoms with van der Waals surface area (Å²) in [4.78, 5) is 11.9. The fraction of sp³-hybridized carbons (Fsp3) is 0.250. The van der Waals surface area contributed by atoms with Gasteiger partial charge in [-0.2, -0.15) is 0 Å². The summed E-state index contributed by atoms with van der Waals surface area (Å²) < 4.78 is 10.0. The average molecular weight is 232 g/mol. The highest BCUT2D eigenvalue weighted by Gasteiger charge is 2.19. The molecule has 0 unspecified atom stereocenters. The Labute approximate surface area is 98.4 Å². The number of hydrogen-bond acceptors (Lipinski definition) is 5. The number of esters is 1. The van der Waals surface area contributed by atoms with Crippen molar-refractivity contribution in [1.29, 1.82) is 0 Å². The number of aromatic nitrogens is 2. The summed E-state index contributed by atoms with van der Waals surface area (Å²) in [6.07, 6.45) is 0. The maximum Gasteiger partial charge on any atom is 0.344 e. The Bertz CT molecular complexity index is 554. The van der Waals surface area contributed by atoms with Crippen molar-refractivity contribution in [2.24, 2.45) is 0 Å². The summed E-state index contributed by atoms with van der Waals surface area (Å²) in [6, 6.07) is 7.23. The van der Waals surface area contributed by atoms with E-state index < -0.39 is 5.97 Å². The van der Waals surface area contributed by atoms with Crippen molar-refractivity contribution >= 4 is 16.9 Å². The molecule has 5 nitrogen and oxygen atoms in total.